The molecule has 0 aliphatic rings. The van der Waals surface area contributed by atoms with Crippen molar-refractivity contribution in [1.29, 1.82) is 5.26 Å². The third-order valence-electron chi connectivity index (χ3n) is 2.24. The molecule has 2 aromatic rings. The molecule has 0 saturated carbocycles. The third kappa shape index (κ3) is 2.36. The van der Waals surface area contributed by atoms with Crippen LogP contribution in [0.2, 0.25) is 5.02 Å². The molecule has 1 N–H and O–H groups in total. The van der Waals surface area contributed by atoms with Gasteiger partial charge >= 0.3 is 0 Å². The summed E-state index contributed by atoms with van der Waals surface area (Å²) in [6, 6.07) is 11.2. The average Bonchev–Trinajstić information content (AvgIpc) is 2.80. The lowest BCUT2D eigenvalue weighted by Crippen LogP contribution is -2.12. The second kappa shape index (κ2) is 4.73. The van der Waals surface area contributed by atoms with E-state index in [-0.39, 0.29) is 0 Å². The van der Waals surface area contributed by atoms with Gasteiger partial charge in [-0.3, -0.25) is 4.68 Å². The molecule has 0 aliphatic heterocycles. The lowest BCUT2D eigenvalue weighted by molar-refractivity contribution is 0.847. The summed E-state index contributed by atoms with van der Waals surface area (Å²) in [6.07, 6.45) is 3.83. The first-order chi connectivity index (χ1) is 7.79. The Morgan fingerprint density at radius 2 is 2.06 bits per heavy atom. The molecule has 0 unspecified atom stereocenters. The van der Waals surface area contributed by atoms with Gasteiger partial charge in [0.15, 0.2) is 0 Å². The van der Waals surface area contributed by atoms with Crippen LogP contribution in [0.5, 0.6) is 0 Å². The van der Waals surface area contributed by atoms with Crippen molar-refractivity contribution in [2.75, 3.05) is 5.43 Å². The standard InChI is InChI=1S/C12H10ClN3/c13-12-7-10(8-14)3-4-11(12)9-15-16-5-1-2-6-16/h1-7,15H,9H2. The van der Waals surface area contributed by atoms with Gasteiger partial charge in [0.05, 0.1) is 18.2 Å². The second-order valence-corrected chi connectivity index (χ2v) is 3.75. The number of rotatable bonds is 3. The molecule has 4 heteroatoms. The molecule has 80 valence electrons. The Kier molecular flexibility index (Phi) is 3.13. The average molecular weight is 232 g/mol. The number of aromatic nitrogens is 1. The summed E-state index contributed by atoms with van der Waals surface area (Å²) in [5.41, 5.74) is 4.71. The van der Waals surface area contributed by atoms with Crippen molar-refractivity contribution in [3.63, 3.8) is 0 Å². The molecule has 1 aromatic carbocycles. The highest BCUT2D eigenvalue weighted by atomic mass is 35.5. The van der Waals surface area contributed by atoms with E-state index in [1.54, 1.807) is 12.1 Å². The van der Waals surface area contributed by atoms with Crippen molar-refractivity contribution < 1.29 is 0 Å². The van der Waals surface area contributed by atoms with E-state index >= 15 is 0 Å². The van der Waals surface area contributed by atoms with E-state index < -0.39 is 0 Å². The van der Waals surface area contributed by atoms with Gasteiger partial charge in [-0.1, -0.05) is 17.7 Å². The number of nitrogens with one attached hydrogen (secondary N) is 1. The van der Waals surface area contributed by atoms with E-state index in [2.05, 4.69) is 11.5 Å². The van der Waals surface area contributed by atoms with Crippen LogP contribution in [0.25, 0.3) is 0 Å². The first-order valence-corrected chi connectivity index (χ1v) is 5.23. The van der Waals surface area contributed by atoms with Crippen molar-refractivity contribution in [2.45, 2.75) is 6.54 Å². The van der Waals surface area contributed by atoms with E-state index in [9.17, 15) is 0 Å². The molecule has 0 fully saturated rings. The zero-order chi connectivity index (χ0) is 11.4. The summed E-state index contributed by atoms with van der Waals surface area (Å²) in [5, 5.41) is 9.31. The number of nitriles is 1. The fourth-order valence-corrected chi connectivity index (χ4v) is 1.62. The molecule has 0 saturated heterocycles. The van der Waals surface area contributed by atoms with E-state index in [0.29, 0.717) is 17.1 Å². The highest BCUT2D eigenvalue weighted by molar-refractivity contribution is 6.31. The van der Waals surface area contributed by atoms with Crippen LogP contribution in [0.4, 0.5) is 0 Å². The Morgan fingerprint density at radius 3 is 2.69 bits per heavy atom. The predicted octanol–water partition coefficient (Wildman–Crippen LogP) is 2.76. The number of benzene rings is 1. The highest BCUT2D eigenvalue weighted by Gasteiger charge is 2.01. The lowest BCUT2D eigenvalue weighted by atomic mass is 10.1. The zero-order valence-electron chi connectivity index (χ0n) is 8.52. The molecular weight excluding hydrogens is 222 g/mol. The highest BCUT2D eigenvalue weighted by Crippen LogP contribution is 2.17. The molecule has 3 nitrogen and oxygen atoms in total. The SMILES string of the molecule is N#Cc1ccc(CNn2cccc2)c(Cl)c1. The molecule has 0 aliphatic carbocycles. The minimum Gasteiger partial charge on any atom is -0.322 e. The number of halogens is 1. The molecule has 0 bridgehead atoms. The molecule has 0 amide bonds. The summed E-state index contributed by atoms with van der Waals surface area (Å²) < 4.78 is 1.86. The van der Waals surface area contributed by atoms with Crippen molar-refractivity contribution in [1.82, 2.24) is 4.68 Å². The predicted molar refractivity (Wildman–Crippen MR) is 63.7 cm³/mol. The van der Waals surface area contributed by atoms with Crippen LogP contribution in [0.1, 0.15) is 11.1 Å². The van der Waals surface area contributed by atoms with Crippen LogP contribution in [-0.4, -0.2) is 4.68 Å². The molecule has 1 heterocycles. The van der Waals surface area contributed by atoms with Crippen LogP contribution in [-0.2, 0) is 6.54 Å². The van der Waals surface area contributed by atoms with Crippen LogP contribution in [0.15, 0.2) is 42.7 Å². The maximum Gasteiger partial charge on any atom is 0.0992 e. The van der Waals surface area contributed by atoms with Gasteiger partial charge in [-0.15, -0.1) is 0 Å². The molecule has 0 spiro atoms. The van der Waals surface area contributed by atoms with Crippen LogP contribution >= 0.6 is 11.6 Å². The Hall–Kier alpha value is -1.92. The molecule has 0 atom stereocenters. The molecule has 2 rings (SSSR count). The molecular formula is C12H10ClN3. The molecule has 0 radical (unpaired) electrons. The summed E-state index contributed by atoms with van der Waals surface area (Å²) in [6.45, 7) is 0.624. The van der Waals surface area contributed by atoms with Gasteiger partial charge in [0.1, 0.15) is 0 Å². The molecule has 1 aromatic heterocycles. The van der Waals surface area contributed by atoms with E-state index in [1.807, 2.05) is 35.3 Å². The minimum atomic E-state index is 0.578. The third-order valence-corrected chi connectivity index (χ3v) is 2.59. The normalized spacial score (nSPS) is 9.75. The second-order valence-electron chi connectivity index (χ2n) is 3.34. The number of hydrogen-bond acceptors (Lipinski definition) is 2. The first kappa shape index (κ1) is 10.6. The Bertz CT molecular complexity index is 512. The van der Waals surface area contributed by atoms with Gasteiger partial charge < -0.3 is 5.43 Å². The Labute approximate surface area is 98.9 Å². The Morgan fingerprint density at radius 1 is 1.31 bits per heavy atom. The van der Waals surface area contributed by atoms with Crippen molar-refractivity contribution in [3.8, 4) is 6.07 Å². The summed E-state index contributed by atoms with van der Waals surface area (Å²) in [5.74, 6) is 0. The van der Waals surface area contributed by atoms with Gasteiger partial charge in [-0.05, 0) is 29.8 Å². The largest absolute Gasteiger partial charge is 0.322 e. The Balaban J connectivity index is 2.08. The maximum atomic E-state index is 8.70. The van der Waals surface area contributed by atoms with Gasteiger partial charge in [0.2, 0.25) is 0 Å². The quantitative estimate of drug-likeness (QED) is 0.883. The van der Waals surface area contributed by atoms with Gasteiger partial charge in [-0.2, -0.15) is 5.26 Å². The molecule has 16 heavy (non-hydrogen) atoms. The van der Waals surface area contributed by atoms with Crippen molar-refractivity contribution in [2.24, 2.45) is 0 Å². The van der Waals surface area contributed by atoms with Crippen LogP contribution < -0.4 is 5.43 Å². The minimum absolute atomic E-state index is 0.578. The van der Waals surface area contributed by atoms with Crippen LogP contribution in [0.3, 0.4) is 0 Å². The fourth-order valence-electron chi connectivity index (χ4n) is 1.38. The van der Waals surface area contributed by atoms with Gasteiger partial charge in [0, 0.05) is 17.4 Å². The maximum absolute atomic E-state index is 8.70. The first-order valence-electron chi connectivity index (χ1n) is 4.85. The van der Waals surface area contributed by atoms with Gasteiger partial charge in [0.25, 0.3) is 0 Å². The van der Waals surface area contributed by atoms with E-state index in [0.717, 1.165) is 5.56 Å². The summed E-state index contributed by atoms with van der Waals surface area (Å²) in [7, 11) is 0. The fraction of sp³-hybridized carbons (Fsp3) is 0.0833. The van der Waals surface area contributed by atoms with E-state index in [1.165, 1.54) is 0 Å². The summed E-state index contributed by atoms with van der Waals surface area (Å²) >= 11 is 6.05. The van der Waals surface area contributed by atoms with Crippen molar-refractivity contribution >= 4 is 11.6 Å². The number of hydrogen-bond donors (Lipinski definition) is 1. The van der Waals surface area contributed by atoms with E-state index in [4.69, 9.17) is 16.9 Å². The van der Waals surface area contributed by atoms with Crippen LogP contribution in [0, 0.1) is 11.3 Å². The smallest absolute Gasteiger partial charge is 0.0992 e. The topological polar surface area (TPSA) is 40.8 Å². The van der Waals surface area contributed by atoms with Crippen molar-refractivity contribution in [3.05, 3.63) is 58.9 Å². The zero-order valence-corrected chi connectivity index (χ0v) is 9.28. The lowest BCUT2D eigenvalue weighted by Gasteiger charge is -2.08. The number of nitrogens with zero attached hydrogens (tertiary/aromatic N) is 2. The summed E-state index contributed by atoms with van der Waals surface area (Å²) in [4.78, 5) is 0. The monoisotopic (exact) mass is 231 g/mol. The van der Waals surface area contributed by atoms with Gasteiger partial charge in [-0.25, -0.2) is 0 Å².